The van der Waals surface area contributed by atoms with Gasteiger partial charge in [-0.1, -0.05) is 25.1 Å². The molecule has 1 N–H and O–H groups in total. The molecule has 0 aliphatic heterocycles. The third-order valence-electron chi connectivity index (χ3n) is 3.87. The van der Waals surface area contributed by atoms with Gasteiger partial charge in [0.25, 0.3) is 0 Å². The second-order valence-corrected chi connectivity index (χ2v) is 5.54. The molecule has 0 saturated carbocycles. The van der Waals surface area contributed by atoms with Crippen molar-refractivity contribution in [3.05, 3.63) is 59.7 Å². The van der Waals surface area contributed by atoms with Gasteiger partial charge in [-0.15, -0.1) is 0 Å². The number of imidazole rings is 1. The van der Waals surface area contributed by atoms with Crippen LogP contribution in [0.4, 0.5) is 0 Å². The van der Waals surface area contributed by atoms with E-state index in [1.165, 1.54) is 11.1 Å². The molecule has 0 bridgehead atoms. The topological polar surface area (TPSA) is 42.7 Å². The van der Waals surface area contributed by atoms with E-state index in [0.717, 1.165) is 43.1 Å². The van der Waals surface area contributed by atoms with Gasteiger partial charge in [0.1, 0.15) is 5.82 Å². The van der Waals surface area contributed by atoms with Crippen LogP contribution in [0, 0.1) is 6.92 Å². The molecule has 4 nitrogen and oxygen atoms in total. The first kappa shape index (κ1) is 14.7. The predicted molar refractivity (Wildman–Crippen MR) is 89.5 cm³/mol. The van der Waals surface area contributed by atoms with Crippen LogP contribution in [0.2, 0.25) is 0 Å². The highest BCUT2D eigenvalue weighted by Crippen LogP contribution is 2.16. The first-order chi connectivity index (χ1) is 10.8. The van der Waals surface area contributed by atoms with Crippen molar-refractivity contribution < 1.29 is 0 Å². The van der Waals surface area contributed by atoms with Crippen molar-refractivity contribution in [1.82, 2.24) is 19.9 Å². The van der Waals surface area contributed by atoms with Gasteiger partial charge < -0.3 is 9.88 Å². The average molecular weight is 294 g/mol. The van der Waals surface area contributed by atoms with Crippen LogP contribution in [0.15, 0.2) is 42.6 Å². The number of aryl methyl sites for hydroxylation is 2. The Kier molecular flexibility index (Phi) is 4.49. The fraction of sp³-hybridized carbons (Fsp3) is 0.333. The van der Waals surface area contributed by atoms with Crippen LogP contribution in [-0.4, -0.2) is 14.5 Å². The summed E-state index contributed by atoms with van der Waals surface area (Å²) < 4.78 is 2.31. The Morgan fingerprint density at radius 3 is 2.77 bits per heavy atom. The van der Waals surface area contributed by atoms with Crippen LogP contribution < -0.4 is 5.32 Å². The molecular formula is C18H22N4. The first-order valence-corrected chi connectivity index (χ1v) is 7.85. The van der Waals surface area contributed by atoms with Crippen molar-refractivity contribution in [3.63, 3.8) is 0 Å². The standard InChI is InChI=1S/C18H22N4/c1-3-11-22-17-9-5-4-8-15(17)21-18(22)13-19-12-16-14(2)7-6-10-20-16/h4-10,19H,3,11-13H2,1-2H3. The molecule has 114 valence electrons. The fourth-order valence-electron chi connectivity index (χ4n) is 2.73. The van der Waals surface area contributed by atoms with Crippen LogP contribution in [0.1, 0.15) is 30.4 Å². The Hall–Kier alpha value is -2.20. The van der Waals surface area contributed by atoms with Crippen molar-refractivity contribution in [1.29, 1.82) is 0 Å². The number of nitrogens with zero attached hydrogens (tertiary/aromatic N) is 3. The van der Waals surface area contributed by atoms with Gasteiger partial charge in [0.05, 0.1) is 23.3 Å². The molecule has 3 rings (SSSR count). The summed E-state index contributed by atoms with van der Waals surface area (Å²) in [5.41, 5.74) is 4.61. The van der Waals surface area contributed by atoms with Gasteiger partial charge in [0.15, 0.2) is 0 Å². The number of nitrogens with one attached hydrogen (secondary N) is 1. The van der Waals surface area contributed by atoms with E-state index in [9.17, 15) is 0 Å². The molecule has 0 unspecified atom stereocenters. The summed E-state index contributed by atoms with van der Waals surface area (Å²) in [6, 6.07) is 12.4. The van der Waals surface area contributed by atoms with E-state index in [1.54, 1.807) is 0 Å². The molecule has 0 saturated heterocycles. The van der Waals surface area contributed by atoms with E-state index in [0.29, 0.717) is 0 Å². The van der Waals surface area contributed by atoms with Gasteiger partial charge >= 0.3 is 0 Å². The Morgan fingerprint density at radius 2 is 1.95 bits per heavy atom. The molecule has 0 fully saturated rings. The summed E-state index contributed by atoms with van der Waals surface area (Å²) in [6.45, 7) is 6.81. The monoisotopic (exact) mass is 294 g/mol. The lowest BCUT2D eigenvalue weighted by Gasteiger charge is -2.09. The Labute approximate surface area is 131 Å². The molecule has 2 heterocycles. The molecular weight excluding hydrogens is 272 g/mol. The van der Waals surface area contributed by atoms with Crippen molar-refractivity contribution in [2.24, 2.45) is 0 Å². The number of hydrogen-bond acceptors (Lipinski definition) is 3. The van der Waals surface area contributed by atoms with Gasteiger partial charge in [-0.25, -0.2) is 4.98 Å². The minimum absolute atomic E-state index is 0.755. The molecule has 0 radical (unpaired) electrons. The number of benzene rings is 1. The number of hydrogen-bond donors (Lipinski definition) is 1. The van der Waals surface area contributed by atoms with Gasteiger partial charge in [-0.2, -0.15) is 0 Å². The smallest absolute Gasteiger partial charge is 0.123 e. The van der Waals surface area contributed by atoms with Crippen molar-refractivity contribution >= 4 is 11.0 Å². The third kappa shape index (κ3) is 3.02. The maximum absolute atomic E-state index is 4.76. The number of rotatable bonds is 6. The molecule has 2 aromatic heterocycles. The summed E-state index contributed by atoms with van der Waals surface area (Å²) in [5.74, 6) is 1.09. The number of pyridine rings is 1. The Morgan fingerprint density at radius 1 is 1.09 bits per heavy atom. The van der Waals surface area contributed by atoms with E-state index in [1.807, 2.05) is 18.3 Å². The summed E-state index contributed by atoms with van der Waals surface area (Å²) in [6.07, 6.45) is 2.95. The first-order valence-electron chi connectivity index (χ1n) is 7.85. The van der Waals surface area contributed by atoms with Gasteiger partial charge in [0.2, 0.25) is 0 Å². The second-order valence-electron chi connectivity index (χ2n) is 5.54. The van der Waals surface area contributed by atoms with E-state index < -0.39 is 0 Å². The van der Waals surface area contributed by atoms with Crippen molar-refractivity contribution in [3.8, 4) is 0 Å². The minimum Gasteiger partial charge on any atom is -0.327 e. The lowest BCUT2D eigenvalue weighted by atomic mass is 10.2. The molecule has 0 aliphatic carbocycles. The zero-order chi connectivity index (χ0) is 15.4. The summed E-state index contributed by atoms with van der Waals surface area (Å²) in [7, 11) is 0. The number of fused-ring (bicyclic) bond motifs is 1. The highest BCUT2D eigenvalue weighted by Gasteiger charge is 2.09. The average Bonchev–Trinajstić information content (AvgIpc) is 2.88. The zero-order valence-electron chi connectivity index (χ0n) is 13.2. The van der Waals surface area contributed by atoms with Crippen LogP contribution >= 0.6 is 0 Å². The van der Waals surface area contributed by atoms with E-state index in [2.05, 4.69) is 53.0 Å². The predicted octanol–water partition coefficient (Wildman–Crippen LogP) is 3.44. The molecule has 1 aromatic carbocycles. The van der Waals surface area contributed by atoms with E-state index in [-0.39, 0.29) is 0 Å². The van der Waals surface area contributed by atoms with Gasteiger partial charge in [0, 0.05) is 19.3 Å². The van der Waals surface area contributed by atoms with Crippen molar-refractivity contribution in [2.45, 2.75) is 39.9 Å². The third-order valence-corrected chi connectivity index (χ3v) is 3.87. The quantitative estimate of drug-likeness (QED) is 0.757. The normalized spacial score (nSPS) is 11.2. The molecule has 3 aromatic rings. The second kappa shape index (κ2) is 6.71. The largest absolute Gasteiger partial charge is 0.327 e. The summed E-state index contributed by atoms with van der Waals surface area (Å²) in [5, 5.41) is 3.47. The number of para-hydroxylation sites is 2. The molecule has 0 amide bonds. The van der Waals surface area contributed by atoms with Crippen molar-refractivity contribution in [2.75, 3.05) is 0 Å². The van der Waals surface area contributed by atoms with Crippen LogP contribution in [0.5, 0.6) is 0 Å². The molecule has 0 aliphatic rings. The van der Waals surface area contributed by atoms with Crippen LogP contribution in [0.3, 0.4) is 0 Å². The molecule has 0 atom stereocenters. The molecule has 4 heteroatoms. The SMILES string of the molecule is CCCn1c(CNCc2ncccc2C)nc2ccccc21. The Bertz CT molecular complexity index is 761. The lowest BCUT2D eigenvalue weighted by Crippen LogP contribution is -2.18. The van der Waals surface area contributed by atoms with Crippen LogP contribution in [0.25, 0.3) is 11.0 Å². The molecule has 22 heavy (non-hydrogen) atoms. The van der Waals surface area contributed by atoms with Crippen LogP contribution in [-0.2, 0) is 19.6 Å². The summed E-state index contributed by atoms with van der Waals surface area (Å²) in [4.78, 5) is 9.19. The fourth-order valence-corrected chi connectivity index (χ4v) is 2.73. The lowest BCUT2D eigenvalue weighted by molar-refractivity contribution is 0.593. The van der Waals surface area contributed by atoms with Gasteiger partial charge in [-0.05, 0) is 37.1 Å². The van der Waals surface area contributed by atoms with E-state index in [4.69, 9.17) is 4.98 Å². The maximum atomic E-state index is 4.76. The highest BCUT2D eigenvalue weighted by atomic mass is 15.1. The highest BCUT2D eigenvalue weighted by molar-refractivity contribution is 5.75. The molecule has 0 spiro atoms. The maximum Gasteiger partial charge on any atom is 0.123 e. The van der Waals surface area contributed by atoms with Gasteiger partial charge in [-0.3, -0.25) is 4.98 Å². The Balaban J connectivity index is 1.76. The zero-order valence-corrected chi connectivity index (χ0v) is 13.2. The summed E-state index contributed by atoms with van der Waals surface area (Å²) >= 11 is 0. The van der Waals surface area contributed by atoms with E-state index >= 15 is 0 Å². The minimum atomic E-state index is 0.755. The number of aromatic nitrogens is 3.